The fourth-order valence-corrected chi connectivity index (χ4v) is 2.90. The number of carbonyl (C=O) groups is 1. The number of nitrogens with one attached hydrogen (secondary N) is 1. The lowest BCUT2D eigenvalue weighted by atomic mass is 9.96. The van der Waals surface area contributed by atoms with Crippen LogP contribution in [0.3, 0.4) is 0 Å². The summed E-state index contributed by atoms with van der Waals surface area (Å²) in [6.07, 6.45) is 2.14. The normalized spacial score (nSPS) is 15.2. The molecule has 1 aliphatic carbocycles. The molecule has 1 aliphatic rings. The van der Waals surface area contributed by atoms with Gasteiger partial charge in [0, 0.05) is 17.0 Å². The van der Waals surface area contributed by atoms with Crippen LogP contribution in [0.1, 0.15) is 28.8 Å². The summed E-state index contributed by atoms with van der Waals surface area (Å²) < 4.78 is 5.24. The van der Waals surface area contributed by atoms with Gasteiger partial charge < -0.3 is 10.1 Å². The first-order valence-corrected chi connectivity index (χ1v) is 7.70. The van der Waals surface area contributed by atoms with E-state index in [1.807, 2.05) is 30.3 Å². The third-order valence-corrected chi connectivity index (χ3v) is 4.46. The zero-order chi connectivity index (χ0) is 15.6. The third-order valence-electron chi connectivity index (χ3n) is 4.23. The van der Waals surface area contributed by atoms with E-state index in [-0.39, 0.29) is 11.3 Å². The first-order valence-electron chi connectivity index (χ1n) is 7.32. The van der Waals surface area contributed by atoms with Crippen molar-refractivity contribution < 1.29 is 9.53 Å². The van der Waals surface area contributed by atoms with E-state index in [0.29, 0.717) is 17.9 Å². The zero-order valence-electron chi connectivity index (χ0n) is 12.4. The van der Waals surface area contributed by atoms with Crippen LogP contribution in [0.4, 0.5) is 0 Å². The zero-order valence-corrected chi connectivity index (χ0v) is 13.2. The molecule has 0 heterocycles. The van der Waals surface area contributed by atoms with E-state index in [2.05, 4.69) is 11.4 Å². The highest BCUT2D eigenvalue weighted by Crippen LogP contribution is 2.48. The number of methoxy groups -OCH3 is 1. The van der Waals surface area contributed by atoms with Gasteiger partial charge in [0.25, 0.3) is 5.91 Å². The molecule has 3 rings (SSSR count). The second kappa shape index (κ2) is 6.01. The Bertz CT molecular complexity index is 695. The molecule has 0 bridgehead atoms. The van der Waals surface area contributed by atoms with Gasteiger partial charge in [0.1, 0.15) is 5.75 Å². The maximum Gasteiger partial charge on any atom is 0.255 e. The maximum atomic E-state index is 12.4. The Morgan fingerprint density at radius 1 is 1.23 bits per heavy atom. The largest absolute Gasteiger partial charge is 0.496 e. The van der Waals surface area contributed by atoms with Gasteiger partial charge in [-0.2, -0.15) is 0 Å². The van der Waals surface area contributed by atoms with Gasteiger partial charge in [-0.05, 0) is 42.7 Å². The summed E-state index contributed by atoms with van der Waals surface area (Å²) in [6.45, 7) is 0.615. The Kier molecular flexibility index (Phi) is 4.08. The third kappa shape index (κ3) is 2.95. The van der Waals surface area contributed by atoms with Crippen molar-refractivity contribution in [3.63, 3.8) is 0 Å². The molecule has 0 saturated heterocycles. The molecule has 0 unspecified atom stereocenters. The number of rotatable bonds is 5. The molecule has 1 N–H and O–H groups in total. The molecule has 114 valence electrons. The van der Waals surface area contributed by atoms with Crippen molar-refractivity contribution in [1.82, 2.24) is 5.32 Å². The minimum atomic E-state index is -0.106. The van der Waals surface area contributed by atoms with Gasteiger partial charge in [0.2, 0.25) is 0 Å². The molecule has 1 saturated carbocycles. The molecule has 22 heavy (non-hydrogen) atoms. The van der Waals surface area contributed by atoms with Crippen molar-refractivity contribution in [2.45, 2.75) is 18.3 Å². The average molecular weight is 316 g/mol. The highest BCUT2D eigenvalue weighted by molar-refractivity contribution is 6.30. The second-order valence-corrected chi connectivity index (χ2v) is 6.11. The van der Waals surface area contributed by atoms with Crippen LogP contribution in [0.5, 0.6) is 5.75 Å². The molecule has 3 nitrogen and oxygen atoms in total. The lowest BCUT2D eigenvalue weighted by Crippen LogP contribution is -2.32. The number of benzene rings is 2. The van der Waals surface area contributed by atoms with E-state index in [4.69, 9.17) is 16.3 Å². The number of halogens is 1. The second-order valence-electron chi connectivity index (χ2n) is 5.67. The number of carbonyl (C=O) groups excluding carboxylic acids is 1. The number of hydrogen-bond acceptors (Lipinski definition) is 2. The standard InChI is InChI=1S/C18H18ClNO2/c1-22-16-8-3-2-7-15(16)17(21)20-12-18(9-10-18)13-5-4-6-14(19)11-13/h2-8,11H,9-10,12H2,1H3,(H,20,21). The van der Waals surface area contributed by atoms with E-state index in [1.165, 1.54) is 5.56 Å². The van der Waals surface area contributed by atoms with Gasteiger partial charge in [-0.15, -0.1) is 0 Å². The number of hydrogen-bond donors (Lipinski definition) is 1. The predicted octanol–water partition coefficient (Wildman–Crippen LogP) is 3.81. The molecule has 0 radical (unpaired) electrons. The van der Waals surface area contributed by atoms with Crippen LogP contribution < -0.4 is 10.1 Å². The van der Waals surface area contributed by atoms with Gasteiger partial charge in [0.15, 0.2) is 0 Å². The van der Waals surface area contributed by atoms with Gasteiger partial charge >= 0.3 is 0 Å². The highest BCUT2D eigenvalue weighted by Gasteiger charge is 2.44. The van der Waals surface area contributed by atoms with E-state index < -0.39 is 0 Å². The molecular weight excluding hydrogens is 298 g/mol. The number of ether oxygens (including phenoxy) is 1. The van der Waals surface area contributed by atoms with Crippen LogP contribution in [0.15, 0.2) is 48.5 Å². The molecular formula is C18H18ClNO2. The minimum absolute atomic E-state index is 0.0303. The van der Waals surface area contributed by atoms with Crippen molar-refractivity contribution >= 4 is 17.5 Å². The molecule has 2 aromatic carbocycles. The maximum absolute atomic E-state index is 12.4. The first-order chi connectivity index (χ1) is 10.6. The van der Waals surface area contributed by atoms with Crippen LogP contribution in [-0.2, 0) is 5.41 Å². The van der Waals surface area contributed by atoms with Gasteiger partial charge in [0.05, 0.1) is 12.7 Å². The summed E-state index contributed by atoms with van der Waals surface area (Å²) >= 11 is 6.07. The summed E-state index contributed by atoms with van der Waals surface area (Å²) in [5, 5.41) is 3.77. The first kappa shape index (κ1) is 14.9. The summed E-state index contributed by atoms with van der Waals surface area (Å²) in [5.41, 5.74) is 1.79. The molecule has 4 heteroatoms. The van der Waals surface area contributed by atoms with E-state index in [0.717, 1.165) is 17.9 Å². The lowest BCUT2D eigenvalue weighted by molar-refractivity contribution is 0.0946. The van der Waals surface area contributed by atoms with Crippen molar-refractivity contribution in [2.75, 3.05) is 13.7 Å². The summed E-state index contributed by atoms with van der Waals surface area (Å²) in [7, 11) is 1.57. The van der Waals surface area contributed by atoms with Crippen LogP contribution >= 0.6 is 11.6 Å². The van der Waals surface area contributed by atoms with Crippen LogP contribution in [-0.4, -0.2) is 19.6 Å². The number of para-hydroxylation sites is 1. The highest BCUT2D eigenvalue weighted by atomic mass is 35.5. The molecule has 1 amide bonds. The predicted molar refractivity (Wildman–Crippen MR) is 87.7 cm³/mol. The summed E-state index contributed by atoms with van der Waals surface area (Å²) in [5.74, 6) is 0.485. The van der Waals surface area contributed by atoms with Crippen LogP contribution in [0.2, 0.25) is 5.02 Å². The van der Waals surface area contributed by atoms with Crippen LogP contribution in [0, 0.1) is 0 Å². The quantitative estimate of drug-likeness (QED) is 0.911. The monoisotopic (exact) mass is 315 g/mol. The SMILES string of the molecule is COc1ccccc1C(=O)NCC1(c2cccc(Cl)c2)CC1. The van der Waals surface area contributed by atoms with E-state index >= 15 is 0 Å². The fraction of sp³-hybridized carbons (Fsp3) is 0.278. The van der Waals surface area contributed by atoms with E-state index in [9.17, 15) is 4.79 Å². The van der Waals surface area contributed by atoms with Gasteiger partial charge in [-0.3, -0.25) is 4.79 Å². The van der Waals surface area contributed by atoms with Crippen molar-refractivity contribution in [1.29, 1.82) is 0 Å². The lowest BCUT2D eigenvalue weighted by Gasteiger charge is -2.17. The molecule has 0 atom stereocenters. The Hall–Kier alpha value is -2.00. The number of amides is 1. The van der Waals surface area contributed by atoms with Gasteiger partial charge in [-0.25, -0.2) is 0 Å². The molecule has 0 spiro atoms. The average Bonchev–Trinajstić information content (AvgIpc) is 3.34. The minimum Gasteiger partial charge on any atom is -0.496 e. The fourth-order valence-electron chi connectivity index (χ4n) is 2.71. The van der Waals surface area contributed by atoms with Crippen molar-refractivity contribution in [3.05, 3.63) is 64.7 Å². The molecule has 2 aromatic rings. The Balaban J connectivity index is 1.71. The Labute approximate surface area is 135 Å². The molecule has 0 aliphatic heterocycles. The van der Waals surface area contributed by atoms with E-state index in [1.54, 1.807) is 19.2 Å². The molecule has 0 aromatic heterocycles. The van der Waals surface area contributed by atoms with Crippen molar-refractivity contribution in [2.24, 2.45) is 0 Å². The summed E-state index contributed by atoms with van der Waals surface area (Å²) in [6, 6.07) is 15.1. The van der Waals surface area contributed by atoms with Gasteiger partial charge in [-0.1, -0.05) is 35.9 Å². The Morgan fingerprint density at radius 3 is 2.68 bits per heavy atom. The van der Waals surface area contributed by atoms with Crippen molar-refractivity contribution in [3.8, 4) is 5.75 Å². The van der Waals surface area contributed by atoms with Crippen LogP contribution in [0.25, 0.3) is 0 Å². The molecule has 1 fully saturated rings. The topological polar surface area (TPSA) is 38.3 Å². The Morgan fingerprint density at radius 2 is 2.00 bits per heavy atom. The smallest absolute Gasteiger partial charge is 0.255 e. The summed E-state index contributed by atoms with van der Waals surface area (Å²) in [4.78, 5) is 12.4.